The number of hydrogen-bond acceptors (Lipinski definition) is 3. The summed E-state index contributed by atoms with van der Waals surface area (Å²) in [5.74, 6) is 0.581. The highest BCUT2D eigenvalue weighted by atomic mass is 35.5. The summed E-state index contributed by atoms with van der Waals surface area (Å²) in [6.07, 6.45) is 0. The van der Waals surface area contributed by atoms with E-state index in [9.17, 15) is 8.42 Å². The summed E-state index contributed by atoms with van der Waals surface area (Å²) in [5, 5.41) is 3.76. The van der Waals surface area contributed by atoms with Gasteiger partial charge < -0.3 is 10.2 Å². The van der Waals surface area contributed by atoms with Crippen molar-refractivity contribution in [2.75, 3.05) is 26.4 Å². The topological polar surface area (TPSA) is 73.8 Å². The molecule has 2 aromatic carbocycles. The molecule has 2 N–H and O–H groups in total. The first-order valence-electron chi connectivity index (χ1n) is 8.57. The maximum atomic E-state index is 12.2. The largest absolute Gasteiger partial charge is 0.355 e. The summed E-state index contributed by atoms with van der Waals surface area (Å²) < 4.78 is 26.9. The van der Waals surface area contributed by atoms with E-state index < -0.39 is 10.0 Å². The maximum absolute atomic E-state index is 12.2. The van der Waals surface area contributed by atoms with Crippen LogP contribution in [0.25, 0.3) is 0 Å². The second-order valence-corrected chi connectivity index (χ2v) is 8.45. The van der Waals surface area contributed by atoms with Gasteiger partial charge in [-0.2, -0.15) is 0 Å². The number of nitrogens with one attached hydrogen (secondary N) is 2. The van der Waals surface area contributed by atoms with Gasteiger partial charge in [0.25, 0.3) is 0 Å². The van der Waals surface area contributed by atoms with Crippen LogP contribution in [0.4, 0.5) is 0 Å². The van der Waals surface area contributed by atoms with E-state index in [1.807, 2.05) is 66.5 Å². The number of benzene rings is 2. The summed E-state index contributed by atoms with van der Waals surface area (Å²) >= 11 is 6.01. The first-order chi connectivity index (χ1) is 12.9. The number of guanidine groups is 1. The van der Waals surface area contributed by atoms with Gasteiger partial charge >= 0.3 is 0 Å². The zero-order chi connectivity index (χ0) is 19.7. The van der Waals surface area contributed by atoms with Gasteiger partial charge in [0.05, 0.1) is 5.75 Å². The van der Waals surface area contributed by atoms with Crippen molar-refractivity contribution >= 4 is 27.6 Å². The Hall–Kier alpha value is -2.09. The molecule has 0 aliphatic rings. The molecule has 0 saturated carbocycles. The molecule has 0 radical (unpaired) electrons. The fourth-order valence-corrected chi connectivity index (χ4v) is 3.64. The van der Waals surface area contributed by atoms with Gasteiger partial charge in [0, 0.05) is 38.8 Å². The Morgan fingerprint density at radius 1 is 1.11 bits per heavy atom. The average Bonchev–Trinajstić information content (AvgIpc) is 2.64. The molecule has 2 rings (SSSR count). The summed E-state index contributed by atoms with van der Waals surface area (Å²) in [5.41, 5.74) is 1.97. The van der Waals surface area contributed by atoms with E-state index in [1.54, 1.807) is 7.05 Å². The summed E-state index contributed by atoms with van der Waals surface area (Å²) in [7, 11) is 0.176. The zero-order valence-electron chi connectivity index (χ0n) is 15.5. The van der Waals surface area contributed by atoms with Crippen molar-refractivity contribution in [3.63, 3.8) is 0 Å². The van der Waals surface area contributed by atoms with Gasteiger partial charge in [-0.05, 0) is 23.3 Å². The van der Waals surface area contributed by atoms with Crippen LogP contribution in [0.5, 0.6) is 0 Å². The van der Waals surface area contributed by atoms with Gasteiger partial charge in [0.1, 0.15) is 0 Å². The predicted octanol–water partition coefficient (Wildman–Crippen LogP) is 2.47. The molecule has 0 fully saturated rings. The number of rotatable bonds is 8. The molecule has 27 heavy (non-hydrogen) atoms. The second kappa shape index (κ2) is 10.3. The van der Waals surface area contributed by atoms with Gasteiger partial charge in [-0.25, -0.2) is 13.1 Å². The highest BCUT2D eigenvalue weighted by Gasteiger charge is 2.12. The Kier molecular flexibility index (Phi) is 8.09. The molecule has 0 spiro atoms. The van der Waals surface area contributed by atoms with Crippen LogP contribution in [-0.4, -0.2) is 45.7 Å². The highest BCUT2D eigenvalue weighted by Crippen LogP contribution is 2.12. The molecule has 0 heterocycles. The SMILES string of the molecule is CN=C(NCCS(=O)(=O)NCc1ccccc1)N(C)Cc1cccc(Cl)c1. The fourth-order valence-electron chi connectivity index (χ4n) is 2.53. The van der Waals surface area contributed by atoms with Crippen molar-refractivity contribution < 1.29 is 8.42 Å². The van der Waals surface area contributed by atoms with Crippen molar-refractivity contribution in [1.82, 2.24) is 14.9 Å². The first kappa shape index (κ1) is 21.2. The van der Waals surface area contributed by atoms with E-state index in [2.05, 4.69) is 15.0 Å². The molecule has 0 atom stereocenters. The van der Waals surface area contributed by atoms with Crippen LogP contribution >= 0.6 is 11.6 Å². The van der Waals surface area contributed by atoms with E-state index in [0.717, 1.165) is 11.1 Å². The van der Waals surface area contributed by atoms with E-state index in [0.29, 0.717) is 17.5 Å². The number of aliphatic imine (C=N–C) groups is 1. The lowest BCUT2D eigenvalue weighted by Gasteiger charge is -2.22. The summed E-state index contributed by atoms with van der Waals surface area (Å²) in [6, 6.07) is 17.0. The standard InChI is InChI=1S/C19H25ClN4O2S/c1-21-19(24(2)15-17-9-6-10-18(20)13-17)22-11-12-27(25,26)23-14-16-7-4-3-5-8-16/h3-10,13,23H,11-12,14-15H2,1-2H3,(H,21,22). The van der Waals surface area contributed by atoms with Crippen molar-refractivity contribution in [1.29, 1.82) is 0 Å². The lowest BCUT2D eigenvalue weighted by atomic mass is 10.2. The average molecular weight is 409 g/mol. The number of nitrogens with zero attached hydrogens (tertiary/aromatic N) is 2. The van der Waals surface area contributed by atoms with Crippen LogP contribution in [0.2, 0.25) is 5.02 Å². The third-order valence-electron chi connectivity index (χ3n) is 3.88. The van der Waals surface area contributed by atoms with Gasteiger partial charge in [0.15, 0.2) is 5.96 Å². The number of sulfonamides is 1. The van der Waals surface area contributed by atoms with Crippen LogP contribution in [0.3, 0.4) is 0 Å². The van der Waals surface area contributed by atoms with Gasteiger partial charge in [-0.15, -0.1) is 0 Å². The van der Waals surface area contributed by atoms with Crippen molar-refractivity contribution in [2.24, 2.45) is 4.99 Å². The van der Waals surface area contributed by atoms with Crippen LogP contribution in [0.15, 0.2) is 59.6 Å². The monoisotopic (exact) mass is 408 g/mol. The third kappa shape index (κ3) is 7.58. The molecule has 146 valence electrons. The van der Waals surface area contributed by atoms with Gasteiger partial charge in [-0.3, -0.25) is 4.99 Å². The molecule has 0 saturated heterocycles. The van der Waals surface area contributed by atoms with Crippen LogP contribution in [0, 0.1) is 0 Å². The highest BCUT2D eigenvalue weighted by molar-refractivity contribution is 7.89. The molecule has 6 nitrogen and oxygen atoms in total. The molecule has 2 aromatic rings. The van der Waals surface area contributed by atoms with Crippen LogP contribution < -0.4 is 10.0 Å². The molecule has 0 aliphatic carbocycles. The summed E-state index contributed by atoms with van der Waals surface area (Å²) in [6.45, 7) is 1.16. The minimum atomic E-state index is -3.38. The quantitative estimate of drug-likeness (QED) is 0.519. The Morgan fingerprint density at radius 2 is 1.81 bits per heavy atom. The van der Waals surface area contributed by atoms with E-state index >= 15 is 0 Å². The number of hydrogen-bond donors (Lipinski definition) is 2. The van der Waals surface area contributed by atoms with Crippen molar-refractivity contribution in [3.8, 4) is 0 Å². The Bertz CT molecular complexity index is 857. The molecule has 0 unspecified atom stereocenters. The predicted molar refractivity (Wildman–Crippen MR) is 111 cm³/mol. The van der Waals surface area contributed by atoms with Gasteiger partial charge in [-0.1, -0.05) is 54.1 Å². The number of halogens is 1. The Balaban J connectivity index is 1.80. The molecular formula is C19H25ClN4O2S. The third-order valence-corrected chi connectivity index (χ3v) is 5.44. The van der Waals surface area contributed by atoms with Gasteiger partial charge in [0.2, 0.25) is 10.0 Å². The van der Waals surface area contributed by atoms with Crippen LogP contribution in [-0.2, 0) is 23.1 Å². The normalized spacial score (nSPS) is 12.0. The maximum Gasteiger partial charge on any atom is 0.213 e. The molecular weight excluding hydrogens is 384 g/mol. The lowest BCUT2D eigenvalue weighted by Crippen LogP contribution is -2.41. The molecule has 8 heteroatoms. The van der Waals surface area contributed by atoms with E-state index in [-0.39, 0.29) is 18.8 Å². The summed E-state index contributed by atoms with van der Waals surface area (Å²) in [4.78, 5) is 6.12. The van der Waals surface area contributed by atoms with Crippen molar-refractivity contribution in [3.05, 3.63) is 70.7 Å². The van der Waals surface area contributed by atoms with E-state index in [4.69, 9.17) is 11.6 Å². The second-order valence-electron chi connectivity index (χ2n) is 6.09. The Labute approximate surface area is 166 Å². The first-order valence-corrected chi connectivity index (χ1v) is 10.6. The zero-order valence-corrected chi connectivity index (χ0v) is 17.1. The Morgan fingerprint density at radius 3 is 2.48 bits per heavy atom. The van der Waals surface area contributed by atoms with E-state index in [1.165, 1.54) is 0 Å². The molecule has 0 amide bonds. The smallest absolute Gasteiger partial charge is 0.213 e. The lowest BCUT2D eigenvalue weighted by molar-refractivity contribution is 0.478. The van der Waals surface area contributed by atoms with Crippen molar-refractivity contribution in [2.45, 2.75) is 13.1 Å². The molecule has 0 bridgehead atoms. The minimum Gasteiger partial charge on any atom is -0.355 e. The molecule has 0 aromatic heterocycles. The van der Waals surface area contributed by atoms with Crippen LogP contribution in [0.1, 0.15) is 11.1 Å². The molecule has 0 aliphatic heterocycles. The minimum absolute atomic E-state index is 0.0378. The fraction of sp³-hybridized carbons (Fsp3) is 0.316.